The van der Waals surface area contributed by atoms with Crippen molar-refractivity contribution in [3.8, 4) is 0 Å². The minimum Gasteiger partial charge on any atom is -0.466 e. The predicted octanol–water partition coefficient (Wildman–Crippen LogP) is 3.49. The molecule has 88 valence electrons. The third kappa shape index (κ3) is 3.56. The Kier molecular flexibility index (Phi) is 4.41. The van der Waals surface area contributed by atoms with E-state index in [1.807, 2.05) is 0 Å². The minimum absolute atomic E-state index is 0.105. The van der Waals surface area contributed by atoms with Crippen LogP contribution in [0.2, 0.25) is 0 Å². The topological polar surface area (TPSA) is 26.3 Å². The zero-order valence-electron chi connectivity index (χ0n) is 8.67. The quantitative estimate of drug-likeness (QED) is 0.794. The van der Waals surface area contributed by atoms with Gasteiger partial charge in [-0.1, -0.05) is 28.1 Å². The summed E-state index contributed by atoms with van der Waals surface area (Å²) in [4.78, 5) is 11.0. The van der Waals surface area contributed by atoms with Gasteiger partial charge in [0.05, 0.1) is 6.61 Å². The Morgan fingerprint density at radius 1 is 1.50 bits per heavy atom. The SMILES string of the molecule is CCOC(=O)CC(F)(F)c1cccc(Br)c1. The van der Waals surface area contributed by atoms with Crippen molar-refractivity contribution in [2.45, 2.75) is 19.3 Å². The van der Waals surface area contributed by atoms with Gasteiger partial charge >= 0.3 is 5.97 Å². The van der Waals surface area contributed by atoms with Gasteiger partial charge in [0.2, 0.25) is 0 Å². The first kappa shape index (κ1) is 13.1. The van der Waals surface area contributed by atoms with E-state index in [1.165, 1.54) is 18.2 Å². The Morgan fingerprint density at radius 2 is 2.19 bits per heavy atom. The molecule has 1 aromatic rings. The first-order valence-corrected chi connectivity index (χ1v) is 5.54. The number of esters is 1. The molecule has 0 aliphatic carbocycles. The average Bonchev–Trinajstić information content (AvgIpc) is 2.17. The number of rotatable bonds is 4. The molecule has 0 N–H and O–H groups in total. The second-order valence-electron chi connectivity index (χ2n) is 3.20. The van der Waals surface area contributed by atoms with Gasteiger partial charge in [-0.2, -0.15) is 0 Å². The van der Waals surface area contributed by atoms with E-state index >= 15 is 0 Å². The number of ether oxygens (including phenoxy) is 1. The van der Waals surface area contributed by atoms with Gasteiger partial charge in [0.15, 0.2) is 0 Å². The number of hydrogen-bond acceptors (Lipinski definition) is 2. The fraction of sp³-hybridized carbons (Fsp3) is 0.364. The molecule has 16 heavy (non-hydrogen) atoms. The molecule has 0 amide bonds. The zero-order valence-corrected chi connectivity index (χ0v) is 10.3. The maximum absolute atomic E-state index is 13.6. The van der Waals surface area contributed by atoms with Crippen LogP contribution in [-0.2, 0) is 15.5 Å². The second kappa shape index (κ2) is 5.39. The molecule has 0 fully saturated rings. The van der Waals surface area contributed by atoms with Crippen LogP contribution < -0.4 is 0 Å². The van der Waals surface area contributed by atoms with Crippen LogP contribution in [0.4, 0.5) is 8.78 Å². The van der Waals surface area contributed by atoms with Gasteiger partial charge < -0.3 is 4.74 Å². The zero-order chi connectivity index (χ0) is 12.2. The third-order valence-corrected chi connectivity index (χ3v) is 2.41. The molecule has 0 spiro atoms. The maximum Gasteiger partial charge on any atom is 0.312 e. The fourth-order valence-corrected chi connectivity index (χ4v) is 1.61. The van der Waals surface area contributed by atoms with Gasteiger partial charge in [-0.3, -0.25) is 4.79 Å². The first-order chi connectivity index (χ1) is 7.45. The van der Waals surface area contributed by atoms with Crippen LogP contribution in [-0.4, -0.2) is 12.6 Å². The molecule has 0 bridgehead atoms. The molecule has 0 saturated heterocycles. The minimum atomic E-state index is -3.20. The molecule has 0 aliphatic rings. The standard InChI is InChI=1S/C11H11BrF2O2/c1-2-16-10(15)7-11(13,14)8-4-3-5-9(12)6-8/h3-6H,2,7H2,1H3. The molecule has 0 aliphatic heterocycles. The Labute approximate surface area is 101 Å². The maximum atomic E-state index is 13.6. The number of carbonyl (C=O) groups excluding carboxylic acids is 1. The summed E-state index contributed by atoms with van der Waals surface area (Å²) in [6.07, 6.45) is -0.933. The molecule has 2 nitrogen and oxygen atoms in total. The van der Waals surface area contributed by atoms with Crippen molar-refractivity contribution < 1.29 is 18.3 Å². The summed E-state index contributed by atoms with van der Waals surface area (Å²) in [7, 11) is 0. The van der Waals surface area contributed by atoms with Gasteiger partial charge in [0.1, 0.15) is 6.42 Å². The van der Waals surface area contributed by atoms with Gasteiger partial charge in [0, 0.05) is 10.0 Å². The van der Waals surface area contributed by atoms with Crippen molar-refractivity contribution in [1.82, 2.24) is 0 Å². The third-order valence-electron chi connectivity index (χ3n) is 1.92. The highest BCUT2D eigenvalue weighted by atomic mass is 79.9. The second-order valence-corrected chi connectivity index (χ2v) is 4.11. The summed E-state index contributed by atoms with van der Waals surface area (Å²) in [6, 6.07) is 5.71. The van der Waals surface area contributed by atoms with E-state index in [0.29, 0.717) is 4.47 Å². The first-order valence-electron chi connectivity index (χ1n) is 4.75. The van der Waals surface area contributed by atoms with E-state index < -0.39 is 18.3 Å². The highest BCUT2D eigenvalue weighted by Crippen LogP contribution is 2.33. The molecule has 0 unspecified atom stereocenters. The van der Waals surface area contributed by atoms with Crippen LogP contribution in [0.1, 0.15) is 18.9 Å². The van der Waals surface area contributed by atoms with E-state index in [1.54, 1.807) is 13.0 Å². The highest BCUT2D eigenvalue weighted by molar-refractivity contribution is 9.10. The molecule has 5 heteroatoms. The van der Waals surface area contributed by atoms with Crippen LogP contribution in [0.25, 0.3) is 0 Å². The summed E-state index contributed by atoms with van der Waals surface area (Å²) >= 11 is 3.10. The van der Waals surface area contributed by atoms with Crippen molar-refractivity contribution in [2.75, 3.05) is 6.61 Å². The lowest BCUT2D eigenvalue weighted by molar-refractivity contribution is -0.151. The number of alkyl halides is 2. The van der Waals surface area contributed by atoms with Gasteiger partial charge in [-0.25, -0.2) is 8.78 Å². The normalized spacial score (nSPS) is 11.2. The molecule has 0 heterocycles. The van der Waals surface area contributed by atoms with Crippen molar-refractivity contribution in [1.29, 1.82) is 0 Å². The van der Waals surface area contributed by atoms with Crippen LogP contribution in [0, 0.1) is 0 Å². The van der Waals surface area contributed by atoms with Gasteiger partial charge in [-0.05, 0) is 19.1 Å². The summed E-state index contributed by atoms with van der Waals surface area (Å²) in [5, 5.41) is 0. The predicted molar refractivity (Wildman–Crippen MR) is 59.3 cm³/mol. The molecule has 0 radical (unpaired) electrons. The van der Waals surface area contributed by atoms with Crippen molar-refractivity contribution in [2.24, 2.45) is 0 Å². The highest BCUT2D eigenvalue weighted by Gasteiger charge is 2.35. The van der Waals surface area contributed by atoms with Crippen molar-refractivity contribution >= 4 is 21.9 Å². The fourth-order valence-electron chi connectivity index (χ4n) is 1.21. The number of hydrogen-bond donors (Lipinski definition) is 0. The Bertz CT molecular complexity index is 380. The van der Waals surface area contributed by atoms with E-state index in [0.717, 1.165) is 0 Å². The number of benzene rings is 1. The van der Waals surface area contributed by atoms with E-state index in [2.05, 4.69) is 20.7 Å². The summed E-state index contributed by atoms with van der Waals surface area (Å²) in [5.41, 5.74) is -0.199. The van der Waals surface area contributed by atoms with E-state index in [-0.39, 0.29) is 12.2 Å². The van der Waals surface area contributed by atoms with Gasteiger partial charge in [-0.15, -0.1) is 0 Å². The summed E-state index contributed by atoms with van der Waals surface area (Å²) < 4.78 is 32.2. The lowest BCUT2D eigenvalue weighted by atomic mass is 10.1. The Balaban J connectivity index is 2.81. The monoisotopic (exact) mass is 292 g/mol. The molecule has 1 rings (SSSR count). The average molecular weight is 293 g/mol. The lowest BCUT2D eigenvalue weighted by Crippen LogP contribution is -2.20. The molecule has 0 saturated carbocycles. The van der Waals surface area contributed by atoms with Crippen molar-refractivity contribution in [3.63, 3.8) is 0 Å². The number of halogens is 3. The smallest absolute Gasteiger partial charge is 0.312 e. The molecule has 0 aromatic heterocycles. The van der Waals surface area contributed by atoms with Crippen molar-refractivity contribution in [3.05, 3.63) is 34.3 Å². The Morgan fingerprint density at radius 3 is 2.75 bits per heavy atom. The van der Waals surface area contributed by atoms with E-state index in [4.69, 9.17) is 0 Å². The van der Waals surface area contributed by atoms with Crippen LogP contribution in [0.5, 0.6) is 0 Å². The largest absolute Gasteiger partial charge is 0.466 e. The molecular formula is C11H11BrF2O2. The van der Waals surface area contributed by atoms with Crippen LogP contribution in [0.15, 0.2) is 28.7 Å². The van der Waals surface area contributed by atoms with Crippen LogP contribution in [0.3, 0.4) is 0 Å². The summed E-state index contributed by atoms with van der Waals surface area (Å²) in [5.74, 6) is -4.09. The number of carbonyl (C=O) groups is 1. The lowest BCUT2D eigenvalue weighted by Gasteiger charge is -2.15. The Hall–Kier alpha value is -0.970. The van der Waals surface area contributed by atoms with Crippen LogP contribution >= 0.6 is 15.9 Å². The summed E-state index contributed by atoms with van der Waals surface area (Å²) in [6.45, 7) is 1.68. The molecular weight excluding hydrogens is 282 g/mol. The molecule has 1 aromatic carbocycles. The van der Waals surface area contributed by atoms with Gasteiger partial charge in [0.25, 0.3) is 5.92 Å². The molecule has 0 atom stereocenters. The van der Waals surface area contributed by atoms with E-state index in [9.17, 15) is 13.6 Å².